The SMILES string of the molecule is Cl.O=C(Nc1ccc(Nc2ncnc3ccccc23)cc1)c1ccccc1. The highest BCUT2D eigenvalue weighted by atomic mass is 35.5. The highest BCUT2D eigenvalue weighted by molar-refractivity contribution is 6.04. The molecular weight excluding hydrogens is 360 g/mol. The molecule has 3 aromatic carbocycles. The Labute approximate surface area is 162 Å². The number of anilines is 3. The van der Waals surface area contributed by atoms with Gasteiger partial charge in [0.15, 0.2) is 0 Å². The molecule has 0 saturated heterocycles. The smallest absolute Gasteiger partial charge is 0.255 e. The van der Waals surface area contributed by atoms with Crippen LogP contribution in [0.2, 0.25) is 0 Å². The molecule has 0 fully saturated rings. The number of aromatic nitrogens is 2. The summed E-state index contributed by atoms with van der Waals surface area (Å²) in [6.45, 7) is 0. The van der Waals surface area contributed by atoms with E-state index in [4.69, 9.17) is 0 Å². The number of fused-ring (bicyclic) bond motifs is 1. The lowest BCUT2D eigenvalue weighted by Gasteiger charge is -2.10. The molecule has 0 aliphatic heterocycles. The highest BCUT2D eigenvalue weighted by Crippen LogP contribution is 2.23. The largest absolute Gasteiger partial charge is 0.340 e. The van der Waals surface area contributed by atoms with Crippen molar-refractivity contribution in [2.45, 2.75) is 0 Å². The fourth-order valence-electron chi connectivity index (χ4n) is 2.67. The maximum Gasteiger partial charge on any atom is 0.255 e. The van der Waals surface area contributed by atoms with Crippen LogP contribution < -0.4 is 10.6 Å². The minimum atomic E-state index is -0.131. The van der Waals surface area contributed by atoms with Gasteiger partial charge in [-0.25, -0.2) is 9.97 Å². The zero-order chi connectivity index (χ0) is 17.8. The van der Waals surface area contributed by atoms with Gasteiger partial charge in [0.2, 0.25) is 0 Å². The number of hydrogen-bond donors (Lipinski definition) is 2. The number of hydrogen-bond acceptors (Lipinski definition) is 4. The van der Waals surface area contributed by atoms with Crippen LogP contribution in [0, 0.1) is 0 Å². The molecule has 4 aromatic rings. The Hall–Kier alpha value is -3.44. The summed E-state index contributed by atoms with van der Waals surface area (Å²) in [6.07, 6.45) is 1.54. The first-order valence-corrected chi connectivity index (χ1v) is 8.23. The van der Waals surface area contributed by atoms with Gasteiger partial charge in [0.25, 0.3) is 5.91 Å². The fraction of sp³-hybridized carbons (Fsp3) is 0. The zero-order valence-corrected chi connectivity index (χ0v) is 15.1. The molecule has 4 rings (SSSR count). The Kier molecular flexibility index (Phi) is 5.64. The monoisotopic (exact) mass is 376 g/mol. The van der Waals surface area contributed by atoms with Crippen molar-refractivity contribution in [3.8, 4) is 0 Å². The summed E-state index contributed by atoms with van der Waals surface area (Å²) in [4.78, 5) is 20.8. The summed E-state index contributed by atoms with van der Waals surface area (Å²) in [5.74, 6) is 0.616. The third-order valence-corrected chi connectivity index (χ3v) is 3.98. The number of benzene rings is 3. The van der Waals surface area contributed by atoms with Crippen LogP contribution in [0.15, 0.2) is 85.2 Å². The van der Waals surface area contributed by atoms with Crippen LogP contribution in [-0.4, -0.2) is 15.9 Å². The third-order valence-electron chi connectivity index (χ3n) is 3.98. The van der Waals surface area contributed by atoms with E-state index in [-0.39, 0.29) is 18.3 Å². The van der Waals surface area contributed by atoms with Gasteiger partial charge in [-0.15, -0.1) is 12.4 Å². The van der Waals surface area contributed by atoms with Crippen LogP contribution in [0.4, 0.5) is 17.2 Å². The van der Waals surface area contributed by atoms with E-state index >= 15 is 0 Å². The van der Waals surface area contributed by atoms with Gasteiger partial charge in [-0.1, -0.05) is 30.3 Å². The molecule has 27 heavy (non-hydrogen) atoms. The van der Waals surface area contributed by atoms with Crippen LogP contribution in [-0.2, 0) is 0 Å². The van der Waals surface area contributed by atoms with Crippen molar-refractivity contribution >= 4 is 46.4 Å². The molecule has 0 aliphatic rings. The van der Waals surface area contributed by atoms with E-state index in [1.807, 2.05) is 66.7 Å². The quantitative estimate of drug-likeness (QED) is 0.523. The Balaban J connectivity index is 0.00000210. The van der Waals surface area contributed by atoms with Gasteiger partial charge in [0, 0.05) is 22.3 Å². The summed E-state index contributed by atoms with van der Waals surface area (Å²) < 4.78 is 0. The first-order valence-electron chi connectivity index (χ1n) is 8.23. The number of halogens is 1. The normalized spacial score (nSPS) is 10.1. The molecule has 0 bridgehead atoms. The van der Waals surface area contributed by atoms with E-state index in [0.717, 1.165) is 28.1 Å². The van der Waals surface area contributed by atoms with Gasteiger partial charge in [-0.05, 0) is 48.5 Å². The Morgan fingerprint density at radius 1 is 0.741 bits per heavy atom. The molecule has 6 heteroatoms. The lowest BCUT2D eigenvalue weighted by atomic mass is 10.2. The number of para-hydroxylation sites is 1. The van der Waals surface area contributed by atoms with Crippen LogP contribution in [0.3, 0.4) is 0 Å². The van der Waals surface area contributed by atoms with Crippen molar-refractivity contribution in [3.63, 3.8) is 0 Å². The van der Waals surface area contributed by atoms with Gasteiger partial charge in [0.05, 0.1) is 5.52 Å². The Morgan fingerprint density at radius 3 is 2.19 bits per heavy atom. The molecule has 0 spiro atoms. The van der Waals surface area contributed by atoms with Crippen LogP contribution in [0.1, 0.15) is 10.4 Å². The highest BCUT2D eigenvalue weighted by Gasteiger charge is 2.06. The standard InChI is InChI=1S/C21H16N4O.ClH/c26-21(15-6-2-1-3-7-15)25-17-12-10-16(11-13-17)24-20-18-8-4-5-9-19(18)22-14-23-20;/h1-14H,(H,25,26)(H,22,23,24);1H. The fourth-order valence-corrected chi connectivity index (χ4v) is 2.67. The van der Waals surface area contributed by atoms with Crippen molar-refractivity contribution in [3.05, 3.63) is 90.8 Å². The number of rotatable bonds is 4. The number of nitrogens with one attached hydrogen (secondary N) is 2. The van der Waals surface area contributed by atoms with E-state index < -0.39 is 0 Å². The van der Waals surface area contributed by atoms with Crippen LogP contribution in [0.25, 0.3) is 10.9 Å². The van der Waals surface area contributed by atoms with E-state index in [0.29, 0.717) is 5.56 Å². The minimum Gasteiger partial charge on any atom is -0.340 e. The van der Waals surface area contributed by atoms with Gasteiger partial charge >= 0.3 is 0 Å². The molecule has 2 N–H and O–H groups in total. The predicted molar refractivity (Wildman–Crippen MR) is 111 cm³/mol. The molecule has 1 heterocycles. The van der Waals surface area contributed by atoms with Gasteiger partial charge in [0.1, 0.15) is 12.1 Å². The summed E-state index contributed by atoms with van der Waals surface area (Å²) in [5, 5.41) is 7.14. The average molecular weight is 377 g/mol. The van der Waals surface area contributed by atoms with E-state index in [1.165, 1.54) is 0 Å². The van der Waals surface area contributed by atoms with Gasteiger partial charge in [-0.2, -0.15) is 0 Å². The van der Waals surface area contributed by atoms with Crippen molar-refractivity contribution in [2.75, 3.05) is 10.6 Å². The first-order chi connectivity index (χ1) is 12.8. The lowest BCUT2D eigenvalue weighted by molar-refractivity contribution is 0.102. The van der Waals surface area contributed by atoms with Crippen molar-refractivity contribution < 1.29 is 4.79 Å². The summed E-state index contributed by atoms with van der Waals surface area (Å²) in [6, 6.07) is 24.5. The molecule has 1 aromatic heterocycles. The molecule has 0 saturated carbocycles. The first kappa shape index (κ1) is 18.4. The molecule has 0 radical (unpaired) electrons. The summed E-state index contributed by atoms with van der Waals surface area (Å²) in [5.41, 5.74) is 3.13. The Morgan fingerprint density at radius 2 is 1.41 bits per heavy atom. The molecule has 0 atom stereocenters. The lowest BCUT2D eigenvalue weighted by Crippen LogP contribution is -2.11. The second kappa shape index (κ2) is 8.29. The number of amides is 1. The molecule has 1 amide bonds. The maximum absolute atomic E-state index is 12.2. The summed E-state index contributed by atoms with van der Waals surface area (Å²) >= 11 is 0. The van der Waals surface area contributed by atoms with Gasteiger partial charge < -0.3 is 10.6 Å². The maximum atomic E-state index is 12.2. The molecule has 0 unspecified atom stereocenters. The number of carbonyl (C=O) groups excluding carboxylic acids is 1. The van der Waals surface area contributed by atoms with Crippen LogP contribution in [0.5, 0.6) is 0 Å². The molecule has 134 valence electrons. The number of nitrogens with zero attached hydrogens (tertiary/aromatic N) is 2. The minimum absolute atomic E-state index is 0. The van der Waals surface area contributed by atoms with Gasteiger partial charge in [-0.3, -0.25) is 4.79 Å². The van der Waals surface area contributed by atoms with Crippen molar-refractivity contribution in [1.29, 1.82) is 0 Å². The Bertz CT molecular complexity index is 1050. The third kappa shape index (κ3) is 4.22. The molecule has 0 aliphatic carbocycles. The zero-order valence-electron chi connectivity index (χ0n) is 14.3. The topological polar surface area (TPSA) is 66.9 Å². The summed E-state index contributed by atoms with van der Waals surface area (Å²) in [7, 11) is 0. The molecule has 5 nitrogen and oxygen atoms in total. The van der Waals surface area contributed by atoms with E-state index in [9.17, 15) is 4.79 Å². The van der Waals surface area contributed by atoms with Crippen LogP contribution >= 0.6 is 12.4 Å². The van der Waals surface area contributed by atoms with E-state index in [2.05, 4.69) is 20.6 Å². The number of carbonyl (C=O) groups is 1. The van der Waals surface area contributed by atoms with Crippen molar-refractivity contribution in [1.82, 2.24) is 9.97 Å². The molecular formula is C21H17ClN4O. The second-order valence-corrected chi connectivity index (χ2v) is 5.76. The van der Waals surface area contributed by atoms with Crippen molar-refractivity contribution in [2.24, 2.45) is 0 Å². The second-order valence-electron chi connectivity index (χ2n) is 5.76. The average Bonchev–Trinajstić information content (AvgIpc) is 2.70. The predicted octanol–water partition coefficient (Wildman–Crippen LogP) is 5.05. The van der Waals surface area contributed by atoms with E-state index in [1.54, 1.807) is 18.5 Å².